The molecule has 13 heavy (non-hydrogen) atoms. The molecule has 5 heteroatoms. The molecule has 1 aromatic rings. The van der Waals surface area contributed by atoms with Gasteiger partial charge in [-0.25, -0.2) is 0 Å². The second-order valence-electron chi connectivity index (χ2n) is 2.94. The van der Waals surface area contributed by atoms with Crippen molar-refractivity contribution in [2.75, 3.05) is 6.44 Å². The fraction of sp³-hybridized carbons (Fsp3) is 0.125. The first kappa shape index (κ1) is 9.33. The number of rotatable bonds is 0. The summed E-state index contributed by atoms with van der Waals surface area (Å²) in [5.41, 5.74) is 1.59. The van der Waals surface area contributed by atoms with E-state index in [1.807, 2.05) is 0 Å². The summed E-state index contributed by atoms with van der Waals surface area (Å²) < 4.78 is 13.8. The van der Waals surface area contributed by atoms with Gasteiger partial charge >= 0.3 is 91.8 Å². The van der Waals surface area contributed by atoms with Crippen LogP contribution in [0.3, 0.4) is 0 Å². The molecule has 0 atom stereocenters. The van der Waals surface area contributed by atoms with E-state index in [-0.39, 0.29) is 5.82 Å². The Morgan fingerprint density at radius 2 is 2.31 bits per heavy atom. The van der Waals surface area contributed by atoms with Crippen LogP contribution in [0, 0.1) is 5.82 Å². The average molecular weight is 369 g/mol. The zero-order chi connectivity index (χ0) is 9.42. The summed E-state index contributed by atoms with van der Waals surface area (Å²) in [7, 11) is 0. The molecule has 0 fully saturated rings. The number of halogens is 1. The van der Waals surface area contributed by atoms with E-state index < -0.39 is 6.92 Å². The number of fused-ring (bicyclic) bond motifs is 1. The van der Waals surface area contributed by atoms with E-state index in [1.54, 1.807) is 6.07 Å². The average Bonchev–Trinajstić information content (AvgIpc) is 2.12. The van der Waals surface area contributed by atoms with Crippen LogP contribution in [0.5, 0.6) is 0 Å². The van der Waals surface area contributed by atoms with Gasteiger partial charge in [0.2, 0.25) is 0 Å². The summed E-state index contributed by atoms with van der Waals surface area (Å²) in [6.45, 7) is -0.562. The first-order valence-corrected chi connectivity index (χ1v) is 5.87. The predicted molar refractivity (Wildman–Crippen MR) is 51.2 cm³/mol. The fourth-order valence-electron chi connectivity index (χ4n) is 1.39. The summed E-state index contributed by atoms with van der Waals surface area (Å²) in [6.07, 6.45) is 0.414. The van der Waals surface area contributed by atoms with Crippen molar-refractivity contribution in [2.45, 2.75) is 0 Å². The monoisotopic (exact) mass is 370 g/mol. The van der Waals surface area contributed by atoms with Crippen molar-refractivity contribution in [3.8, 4) is 0 Å². The molecule has 0 aromatic heterocycles. The van der Waals surface area contributed by atoms with Crippen molar-refractivity contribution in [1.82, 2.24) is 0 Å². The summed E-state index contributed by atoms with van der Waals surface area (Å²) >= 11 is 0.789. The van der Waals surface area contributed by atoms with Gasteiger partial charge in [-0.1, -0.05) is 0 Å². The molecular weight excluding hydrogens is 363 g/mol. The molecule has 1 aliphatic rings. The van der Waals surface area contributed by atoms with Gasteiger partial charge in [0.25, 0.3) is 0 Å². The molecule has 0 aliphatic carbocycles. The van der Waals surface area contributed by atoms with Gasteiger partial charge in [-0.2, -0.15) is 0 Å². The molecular formula is C8H6BFNOPb. The Morgan fingerprint density at radius 1 is 1.54 bits per heavy atom. The Labute approximate surface area is 91.7 Å². The quantitative estimate of drug-likeness (QED) is 0.614. The molecule has 1 aliphatic heterocycles. The normalized spacial score (nSPS) is 15.3. The minimum absolute atomic E-state index is 0.267. The third-order valence-corrected chi connectivity index (χ3v) is 3.71. The van der Waals surface area contributed by atoms with Crippen molar-refractivity contribution < 1.29 is 9.41 Å². The first-order chi connectivity index (χ1) is 6.18. The van der Waals surface area contributed by atoms with Gasteiger partial charge in [0.1, 0.15) is 0 Å². The molecule has 0 saturated carbocycles. The molecule has 0 amide bonds. The molecule has 1 N–H and O–H groups in total. The van der Waals surface area contributed by atoms with Crippen LogP contribution in [0.15, 0.2) is 23.2 Å². The van der Waals surface area contributed by atoms with E-state index in [2.05, 4.69) is 4.99 Å². The molecule has 0 saturated heterocycles. The number of hydrogen-bond donors (Lipinski definition) is 1. The van der Waals surface area contributed by atoms with E-state index in [4.69, 9.17) is 0 Å². The summed E-state index contributed by atoms with van der Waals surface area (Å²) in [5, 5.41) is 9.56. The van der Waals surface area contributed by atoms with Gasteiger partial charge in [-0.05, 0) is 0 Å². The van der Waals surface area contributed by atoms with Gasteiger partial charge < -0.3 is 0 Å². The maximum absolute atomic E-state index is 12.9. The molecule has 0 bridgehead atoms. The molecule has 2 nitrogen and oxygen atoms in total. The summed E-state index contributed by atoms with van der Waals surface area (Å²) in [4.78, 5) is 4.16. The van der Waals surface area contributed by atoms with Gasteiger partial charge in [-0.15, -0.1) is 0 Å². The predicted octanol–water partition coefficient (Wildman–Crippen LogP) is -0.516. The second-order valence-corrected chi connectivity index (χ2v) is 4.78. The number of benzene rings is 1. The number of nitrogens with zero attached hydrogens (tertiary/aromatic N) is 1. The van der Waals surface area contributed by atoms with Crippen LogP contribution in [0.4, 0.5) is 4.39 Å². The SMILES string of the molecule is OB1CN=[C]([Pb])c2cc(F)ccc21. The van der Waals surface area contributed by atoms with Crippen molar-refractivity contribution in [3.05, 3.63) is 29.6 Å². The van der Waals surface area contributed by atoms with Crippen LogP contribution in [0.25, 0.3) is 0 Å². The Bertz CT molecular complexity index is 382. The minimum atomic E-state index is -0.562. The van der Waals surface area contributed by atoms with E-state index in [1.165, 1.54) is 12.1 Å². The van der Waals surface area contributed by atoms with E-state index in [9.17, 15) is 9.41 Å². The van der Waals surface area contributed by atoms with Gasteiger partial charge in [0, 0.05) is 0 Å². The topological polar surface area (TPSA) is 32.6 Å². The second kappa shape index (κ2) is 3.49. The number of hydrogen-bond acceptors (Lipinski definition) is 2. The number of aliphatic imine (C=N–C) groups is 1. The van der Waals surface area contributed by atoms with Gasteiger partial charge in [-0.3, -0.25) is 0 Å². The van der Waals surface area contributed by atoms with Crippen LogP contribution >= 0.6 is 0 Å². The molecule has 63 valence electrons. The molecule has 0 spiro atoms. The van der Waals surface area contributed by atoms with E-state index in [0.717, 1.165) is 40.1 Å². The standard InChI is InChI=1S/C8H6BFNO.Pb/c10-7-1-2-8-6(3-7)4-11-5-9(8)12;/h1-3,12H,5H2;. The first-order valence-electron chi connectivity index (χ1n) is 3.92. The van der Waals surface area contributed by atoms with Crippen LogP contribution in [0.1, 0.15) is 5.56 Å². The van der Waals surface area contributed by atoms with E-state index in [0.29, 0.717) is 6.44 Å². The van der Waals surface area contributed by atoms with E-state index >= 15 is 0 Å². The van der Waals surface area contributed by atoms with Crippen LogP contribution in [-0.2, 0) is 0 Å². The third-order valence-electron chi connectivity index (χ3n) is 2.05. The maximum atomic E-state index is 12.9. The van der Waals surface area contributed by atoms with Crippen LogP contribution in [0.2, 0.25) is 0 Å². The zero-order valence-corrected chi connectivity index (χ0v) is 10.7. The Kier molecular flexibility index (Phi) is 2.50. The Balaban J connectivity index is 2.60. The molecule has 3 radical (unpaired) electrons. The van der Waals surface area contributed by atoms with Crippen molar-refractivity contribution >= 4 is 41.4 Å². The van der Waals surface area contributed by atoms with Crippen molar-refractivity contribution in [1.29, 1.82) is 0 Å². The summed E-state index contributed by atoms with van der Waals surface area (Å²) in [5.74, 6) is -0.267. The van der Waals surface area contributed by atoms with Crippen LogP contribution < -0.4 is 5.46 Å². The molecule has 1 aromatic carbocycles. The Morgan fingerprint density at radius 3 is 3.08 bits per heavy atom. The van der Waals surface area contributed by atoms with Crippen molar-refractivity contribution in [2.24, 2.45) is 4.99 Å². The van der Waals surface area contributed by atoms with Crippen LogP contribution in [-0.4, -0.2) is 47.4 Å². The molecule has 1 heterocycles. The van der Waals surface area contributed by atoms with Gasteiger partial charge in [0.15, 0.2) is 0 Å². The third kappa shape index (κ3) is 1.69. The van der Waals surface area contributed by atoms with Gasteiger partial charge in [0.05, 0.1) is 0 Å². The molecule has 0 unspecified atom stereocenters. The molecule has 2 rings (SSSR count). The fourth-order valence-corrected chi connectivity index (χ4v) is 2.58. The zero-order valence-electron chi connectivity index (χ0n) is 6.79. The Hall–Kier alpha value is -0.233. The van der Waals surface area contributed by atoms with Crippen molar-refractivity contribution in [3.63, 3.8) is 0 Å². The summed E-state index contributed by atoms with van der Waals surface area (Å²) in [6, 6.07) is 4.47.